The Balaban J connectivity index is 1.50. The van der Waals surface area contributed by atoms with Gasteiger partial charge in [0.2, 0.25) is 5.91 Å². The van der Waals surface area contributed by atoms with Crippen molar-refractivity contribution in [3.05, 3.63) is 35.4 Å². The van der Waals surface area contributed by atoms with Crippen molar-refractivity contribution in [3.8, 4) is 0 Å². The van der Waals surface area contributed by atoms with Gasteiger partial charge >= 0.3 is 0 Å². The summed E-state index contributed by atoms with van der Waals surface area (Å²) in [5.41, 5.74) is 0.676. The molecule has 1 aromatic rings. The van der Waals surface area contributed by atoms with Crippen LogP contribution in [-0.4, -0.2) is 48.4 Å². The number of benzene rings is 1. The molecule has 1 saturated heterocycles. The van der Waals surface area contributed by atoms with E-state index in [0.717, 1.165) is 19.0 Å². The minimum Gasteiger partial charge on any atom is -0.341 e. The monoisotopic (exact) mass is 336 g/mol. The quantitative estimate of drug-likeness (QED) is 0.824. The molecule has 1 atom stereocenters. The zero-order valence-electron chi connectivity index (χ0n) is 14.3. The van der Waals surface area contributed by atoms with E-state index in [1.807, 2.05) is 11.9 Å². The largest absolute Gasteiger partial charge is 0.341 e. The first-order valence-electron chi connectivity index (χ1n) is 8.94. The van der Waals surface area contributed by atoms with Crippen molar-refractivity contribution in [3.63, 3.8) is 0 Å². The third-order valence-corrected chi connectivity index (χ3v) is 5.42. The molecule has 0 spiro atoms. The number of halogens is 2. The third-order valence-electron chi connectivity index (χ3n) is 5.42. The number of nitrogens with zero attached hydrogens (tertiary/aromatic N) is 2. The Kier molecular flexibility index (Phi) is 5.49. The van der Waals surface area contributed by atoms with Crippen molar-refractivity contribution in [2.45, 2.75) is 44.6 Å². The molecule has 1 aromatic carbocycles. The molecule has 3 nitrogen and oxygen atoms in total. The zero-order chi connectivity index (χ0) is 17.1. The summed E-state index contributed by atoms with van der Waals surface area (Å²) in [4.78, 5) is 16.6. The maximum absolute atomic E-state index is 13.3. The Hall–Kier alpha value is -1.49. The topological polar surface area (TPSA) is 23.6 Å². The van der Waals surface area contributed by atoms with Gasteiger partial charge in [0, 0.05) is 25.2 Å². The first-order valence-corrected chi connectivity index (χ1v) is 8.94. The Bertz CT molecular complexity index is 566. The first kappa shape index (κ1) is 17.3. The van der Waals surface area contributed by atoms with E-state index in [4.69, 9.17) is 0 Å². The Morgan fingerprint density at radius 1 is 1.17 bits per heavy atom. The van der Waals surface area contributed by atoms with Crippen molar-refractivity contribution < 1.29 is 13.6 Å². The summed E-state index contributed by atoms with van der Waals surface area (Å²) in [6.45, 7) is 1.92. The molecule has 5 heteroatoms. The van der Waals surface area contributed by atoms with Gasteiger partial charge in [0.25, 0.3) is 0 Å². The molecule has 0 aromatic heterocycles. The molecule has 0 radical (unpaired) electrons. The summed E-state index contributed by atoms with van der Waals surface area (Å²) >= 11 is 0. The highest BCUT2D eigenvalue weighted by Gasteiger charge is 2.28. The number of amides is 1. The lowest BCUT2D eigenvalue weighted by Crippen LogP contribution is -2.41. The number of hydrogen-bond acceptors (Lipinski definition) is 2. The lowest BCUT2D eigenvalue weighted by molar-refractivity contribution is -0.131. The van der Waals surface area contributed by atoms with Crippen LogP contribution in [0.25, 0.3) is 0 Å². The van der Waals surface area contributed by atoms with Crippen LogP contribution >= 0.6 is 0 Å². The van der Waals surface area contributed by atoms with Crippen molar-refractivity contribution in [2.75, 3.05) is 26.7 Å². The highest BCUT2D eigenvalue weighted by Crippen LogP contribution is 2.24. The second-order valence-electron chi connectivity index (χ2n) is 7.33. The van der Waals surface area contributed by atoms with Crippen LogP contribution in [0.3, 0.4) is 0 Å². The van der Waals surface area contributed by atoms with Crippen LogP contribution in [-0.2, 0) is 11.2 Å². The number of carbonyl (C=O) groups is 1. The molecule has 24 heavy (non-hydrogen) atoms. The predicted molar refractivity (Wildman–Crippen MR) is 89.6 cm³/mol. The lowest BCUT2D eigenvalue weighted by Gasteiger charge is -2.26. The number of likely N-dealkylation sites (N-methyl/N-ethyl adjacent to an activating group) is 1. The molecule has 0 bridgehead atoms. The molecule has 2 aliphatic rings. The Labute approximate surface area is 142 Å². The van der Waals surface area contributed by atoms with Gasteiger partial charge in [-0.1, -0.05) is 12.8 Å². The van der Waals surface area contributed by atoms with Gasteiger partial charge in [0.05, 0.1) is 6.54 Å². The van der Waals surface area contributed by atoms with Crippen LogP contribution in [0.4, 0.5) is 8.78 Å². The first-order chi connectivity index (χ1) is 11.5. The maximum Gasteiger partial charge on any atom is 0.236 e. The number of hydrogen-bond donors (Lipinski definition) is 0. The predicted octanol–water partition coefficient (Wildman–Crippen LogP) is 3.23. The SMILES string of the molecule is CN(CC(=O)N1CCC(Cc2cc(F)cc(F)c2)C1)C1CCCC1. The maximum atomic E-state index is 13.3. The van der Waals surface area contributed by atoms with Crippen LogP contribution in [0.2, 0.25) is 0 Å². The van der Waals surface area contributed by atoms with Crippen molar-refractivity contribution >= 4 is 5.91 Å². The molecular weight excluding hydrogens is 310 g/mol. The van der Waals surface area contributed by atoms with Crippen LogP contribution in [0.5, 0.6) is 0 Å². The molecule has 1 aliphatic heterocycles. The van der Waals surface area contributed by atoms with Crippen LogP contribution < -0.4 is 0 Å². The van der Waals surface area contributed by atoms with E-state index in [-0.39, 0.29) is 11.8 Å². The van der Waals surface area contributed by atoms with Gasteiger partial charge in [-0.3, -0.25) is 9.69 Å². The van der Waals surface area contributed by atoms with Gasteiger partial charge in [0.1, 0.15) is 11.6 Å². The molecule has 1 aliphatic carbocycles. The Morgan fingerprint density at radius 2 is 1.83 bits per heavy atom. The lowest BCUT2D eigenvalue weighted by atomic mass is 9.98. The van der Waals surface area contributed by atoms with Crippen LogP contribution in [0.15, 0.2) is 18.2 Å². The van der Waals surface area contributed by atoms with Gasteiger partial charge in [0.15, 0.2) is 0 Å². The molecular formula is C19H26F2N2O. The third kappa shape index (κ3) is 4.32. The van der Waals surface area contributed by atoms with E-state index in [1.165, 1.54) is 37.8 Å². The van der Waals surface area contributed by atoms with E-state index in [9.17, 15) is 13.6 Å². The fourth-order valence-corrected chi connectivity index (χ4v) is 4.08. The molecule has 1 unspecified atom stereocenters. The highest BCUT2D eigenvalue weighted by atomic mass is 19.1. The van der Waals surface area contributed by atoms with Gasteiger partial charge in [-0.05, 0) is 56.3 Å². The molecule has 1 heterocycles. The molecule has 1 amide bonds. The van der Waals surface area contributed by atoms with E-state index in [0.29, 0.717) is 31.1 Å². The van der Waals surface area contributed by atoms with E-state index < -0.39 is 11.6 Å². The molecule has 2 fully saturated rings. The van der Waals surface area contributed by atoms with Crippen molar-refractivity contribution in [1.29, 1.82) is 0 Å². The summed E-state index contributed by atoms with van der Waals surface area (Å²) in [6, 6.07) is 4.22. The fraction of sp³-hybridized carbons (Fsp3) is 0.632. The summed E-state index contributed by atoms with van der Waals surface area (Å²) in [6.07, 6.45) is 6.43. The smallest absolute Gasteiger partial charge is 0.236 e. The van der Waals surface area contributed by atoms with E-state index >= 15 is 0 Å². The summed E-state index contributed by atoms with van der Waals surface area (Å²) in [5, 5.41) is 0. The molecule has 132 valence electrons. The van der Waals surface area contributed by atoms with Crippen molar-refractivity contribution in [1.82, 2.24) is 9.80 Å². The Morgan fingerprint density at radius 3 is 2.50 bits per heavy atom. The van der Waals surface area contributed by atoms with Gasteiger partial charge in [-0.25, -0.2) is 8.78 Å². The zero-order valence-corrected chi connectivity index (χ0v) is 14.3. The molecule has 0 N–H and O–H groups in total. The fourth-order valence-electron chi connectivity index (χ4n) is 4.08. The number of likely N-dealkylation sites (tertiary alicyclic amines) is 1. The minimum absolute atomic E-state index is 0.178. The van der Waals surface area contributed by atoms with E-state index in [1.54, 1.807) is 0 Å². The van der Waals surface area contributed by atoms with Crippen LogP contribution in [0, 0.1) is 17.6 Å². The highest BCUT2D eigenvalue weighted by molar-refractivity contribution is 5.78. The van der Waals surface area contributed by atoms with Gasteiger partial charge < -0.3 is 4.90 Å². The molecule has 1 saturated carbocycles. The summed E-state index contributed by atoms with van der Waals surface area (Å²) < 4.78 is 26.6. The van der Waals surface area contributed by atoms with Gasteiger partial charge in [-0.15, -0.1) is 0 Å². The summed E-state index contributed by atoms with van der Waals surface area (Å²) in [7, 11) is 2.04. The number of rotatable bonds is 5. The molecule has 3 rings (SSSR count). The average molecular weight is 336 g/mol. The van der Waals surface area contributed by atoms with Crippen molar-refractivity contribution in [2.24, 2.45) is 5.92 Å². The second-order valence-corrected chi connectivity index (χ2v) is 7.33. The summed E-state index contributed by atoms with van der Waals surface area (Å²) in [5.74, 6) is -0.604. The van der Waals surface area contributed by atoms with E-state index in [2.05, 4.69) is 4.90 Å². The second kappa shape index (κ2) is 7.60. The van der Waals surface area contributed by atoms with Gasteiger partial charge in [-0.2, -0.15) is 0 Å². The number of carbonyl (C=O) groups excluding carboxylic acids is 1. The van der Waals surface area contributed by atoms with Crippen LogP contribution in [0.1, 0.15) is 37.7 Å². The standard InChI is InChI=1S/C19H26F2N2O/c1-22(18-4-2-3-5-18)13-19(24)23-7-6-14(12-23)8-15-9-16(20)11-17(21)10-15/h9-11,14,18H,2-8,12-13H2,1H3. The normalized spacial score (nSPS) is 21.8. The average Bonchev–Trinajstić information content (AvgIpc) is 3.17. The minimum atomic E-state index is -0.533.